The molecule has 5 nitrogen and oxygen atoms in total. The van der Waals surface area contributed by atoms with E-state index in [-0.39, 0.29) is 24.5 Å². The summed E-state index contributed by atoms with van der Waals surface area (Å²) in [6.45, 7) is 2.06. The molecule has 0 saturated heterocycles. The van der Waals surface area contributed by atoms with Crippen LogP contribution in [-0.2, 0) is 16.1 Å². The van der Waals surface area contributed by atoms with Crippen LogP contribution in [0.15, 0.2) is 65.1 Å². The lowest BCUT2D eigenvalue weighted by Crippen LogP contribution is -2.52. The monoisotopic (exact) mass is 556 g/mol. The molecule has 0 radical (unpaired) electrons. The quantitative estimate of drug-likeness (QED) is 0.327. The van der Waals surface area contributed by atoms with Crippen LogP contribution in [0.3, 0.4) is 0 Å². The minimum atomic E-state index is -0.581. The standard InChI is InChI=1S/C28H30BrClN2O3/c1-2-24(28(34)31-22-8-4-5-9-22)32(17-19-11-14-21(30)15-12-19)26(33)18-35-25-16-13-20-7-3-6-10-23(20)27(25)29/h3,6-7,10-16,22,24H,2,4-5,8-9,17-18H2,1H3,(H,31,34)/t24-/m1/s1. The van der Waals surface area contributed by atoms with Gasteiger partial charge in [0.1, 0.15) is 11.8 Å². The van der Waals surface area contributed by atoms with Gasteiger partial charge < -0.3 is 15.0 Å². The molecule has 1 atom stereocenters. The fraction of sp³-hybridized carbons (Fsp3) is 0.357. The van der Waals surface area contributed by atoms with Gasteiger partial charge >= 0.3 is 0 Å². The van der Waals surface area contributed by atoms with Crippen LogP contribution in [0.5, 0.6) is 5.75 Å². The largest absolute Gasteiger partial charge is 0.483 e. The molecule has 7 heteroatoms. The average Bonchev–Trinajstić information content (AvgIpc) is 3.37. The summed E-state index contributed by atoms with van der Waals surface area (Å²) in [6.07, 6.45) is 4.75. The predicted octanol–water partition coefficient (Wildman–Crippen LogP) is 6.50. The highest BCUT2D eigenvalue weighted by atomic mass is 79.9. The number of carbonyl (C=O) groups excluding carboxylic acids is 2. The normalized spacial score (nSPS) is 14.6. The first-order valence-corrected chi connectivity index (χ1v) is 13.3. The van der Waals surface area contributed by atoms with Crippen molar-refractivity contribution in [1.29, 1.82) is 0 Å². The van der Waals surface area contributed by atoms with E-state index in [1.54, 1.807) is 17.0 Å². The van der Waals surface area contributed by atoms with Crippen LogP contribution >= 0.6 is 27.5 Å². The predicted molar refractivity (Wildman–Crippen MR) is 144 cm³/mol. The lowest BCUT2D eigenvalue weighted by atomic mass is 10.1. The van der Waals surface area contributed by atoms with Gasteiger partial charge in [-0.25, -0.2) is 0 Å². The second kappa shape index (κ2) is 11.9. The molecule has 1 fully saturated rings. The van der Waals surface area contributed by atoms with Crippen molar-refractivity contribution in [3.8, 4) is 5.75 Å². The van der Waals surface area contributed by atoms with Crippen molar-refractivity contribution < 1.29 is 14.3 Å². The summed E-state index contributed by atoms with van der Waals surface area (Å²) in [5.74, 6) is 0.244. The van der Waals surface area contributed by atoms with E-state index in [1.807, 2.05) is 55.5 Å². The number of hydrogen-bond acceptors (Lipinski definition) is 3. The molecule has 0 bridgehead atoms. The number of carbonyl (C=O) groups is 2. The number of ether oxygens (including phenoxy) is 1. The molecule has 184 valence electrons. The number of amides is 2. The third-order valence-electron chi connectivity index (χ3n) is 6.53. The summed E-state index contributed by atoms with van der Waals surface area (Å²) in [5, 5.41) is 5.88. The Labute approximate surface area is 219 Å². The minimum Gasteiger partial charge on any atom is -0.483 e. The Kier molecular flexibility index (Phi) is 8.69. The van der Waals surface area contributed by atoms with E-state index < -0.39 is 6.04 Å². The number of fused-ring (bicyclic) bond motifs is 1. The maximum Gasteiger partial charge on any atom is 0.261 e. The lowest BCUT2D eigenvalue weighted by molar-refractivity contribution is -0.143. The maximum atomic E-state index is 13.5. The van der Waals surface area contributed by atoms with Gasteiger partial charge in [-0.3, -0.25) is 9.59 Å². The average molecular weight is 558 g/mol. The van der Waals surface area contributed by atoms with Crippen LogP contribution in [0, 0.1) is 0 Å². The zero-order valence-corrected chi connectivity index (χ0v) is 22.1. The Balaban J connectivity index is 1.53. The zero-order chi connectivity index (χ0) is 24.8. The fourth-order valence-corrected chi connectivity index (χ4v) is 5.35. The number of benzene rings is 3. The van der Waals surface area contributed by atoms with Crippen molar-refractivity contribution in [2.24, 2.45) is 0 Å². The van der Waals surface area contributed by atoms with Crippen LogP contribution in [0.25, 0.3) is 10.8 Å². The summed E-state index contributed by atoms with van der Waals surface area (Å²) >= 11 is 9.67. The molecule has 0 spiro atoms. The van der Waals surface area contributed by atoms with E-state index in [9.17, 15) is 9.59 Å². The first-order valence-electron chi connectivity index (χ1n) is 12.1. The number of nitrogens with zero attached hydrogens (tertiary/aromatic N) is 1. The van der Waals surface area contributed by atoms with Gasteiger partial charge in [0.25, 0.3) is 5.91 Å². The topological polar surface area (TPSA) is 58.6 Å². The molecule has 1 N–H and O–H groups in total. The van der Waals surface area contributed by atoms with Gasteiger partial charge in [0.15, 0.2) is 6.61 Å². The molecule has 0 unspecified atom stereocenters. The van der Waals surface area contributed by atoms with Crippen molar-refractivity contribution in [2.45, 2.75) is 57.7 Å². The minimum absolute atomic E-state index is 0.103. The highest BCUT2D eigenvalue weighted by Crippen LogP contribution is 2.33. The van der Waals surface area contributed by atoms with E-state index in [4.69, 9.17) is 16.3 Å². The van der Waals surface area contributed by atoms with Crippen molar-refractivity contribution in [3.05, 3.63) is 75.7 Å². The lowest BCUT2D eigenvalue weighted by Gasteiger charge is -2.31. The van der Waals surface area contributed by atoms with E-state index in [0.29, 0.717) is 23.7 Å². The van der Waals surface area contributed by atoms with Gasteiger partial charge in [-0.1, -0.05) is 73.8 Å². The number of halogens is 2. The Morgan fingerprint density at radius 1 is 1.09 bits per heavy atom. The molecule has 35 heavy (non-hydrogen) atoms. The highest BCUT2D eigenvalue weighted by Gasteiger charge is 2.31. The molecule has 4 rings (SSSR count). The Hall–Kier alpha value is -2.57. The fourth-order valence-electron chi connectivity index (χ4n) is 4.62. The summed E-state index contributed by atoms with van der Waals surface area (Å²) < 4.78 is 6.77. The maximum absolute atomic E-state index is 13.5. The summed E-state index contributed by atoms with van der Waals surface area (Å²) in [4.78, 5) is 28.3. The van der Waals surface area contributed by atoms with E-state index in [2.05, 4.69) is 21.2 Å². The molecular weight excluding hydrogens is 528 g/mol. The van der Waals surface area contributed by atoms with E-state index >= 15 is 0 Å². The third-order valence-corrected chi connectivity index (χ3v) is 7.60. The van der Waals surface area contributed by atoms with E-state index in [0.717, 1.165) is 46.5 Å². The van der Waals surface area contributed by atoms with Crippen LogP contribution in [-0.4, -0.2) is 35.4 Å². The molecule has 0 heterocycles. The molecule has 3 aromatic carbocycles. The van der Waals surface area contributed by atoms with Crippen molar-refractivity contribution in [1.82, 2.24) is 10.2 Å². The van der Waals surface area contributed by atoms with Gasteiger partial charge in [-0.15, -0.1) is 0 Å². The SMILES string of the molecule is CC[C@H](C(=O)NC1CCCC1)N(Cc1ccc(Cl)cc1)C(=O)COc1ccc2ccccc2c1Br. The van der Waals surface area contributed by atoms with Crippen molar-refractivity contribution in [2.75, 3.05) is 6.61 Å². The zero-order valence-electron chi connectivity index (χ0n) is 19.8. The smallest absolute Gasteiger partial charge is 0.261 e. The number of hydrogen-bond donors (Lipinski definition) is 1. The van der Waals surface area contributed by atoms with Gasteiger partial charge in [0, 0.05) is 17.6 Å². The van der Waals surface area contributed by atoms with Crippen molar-refractivity contribution >= 4 is 50.1 Å². The van der Waals surface area contributed by atoms with Gasteiger partial charge in [0.2, 0.25) is 5.91 Å². The summed E-state index contributed by atoms with van der Waals surface area (Å²) in [6, 6.07) is 18.7. The summed E-state index contributed by atoms with van der Waals surface area (Å²) in [7, 11) is 0. The number of nitrogens with one attached hydrogen (secondary N) is 1. The number of rotatable bonds is 9. The second-order valence-electron chi connectivity index (χ2n) is 8.95. The summed E-state index contributed by atoms with van der Waals surface area (Å²) in [5.41, 5.74) is 0.904. The van der Waals surface area contributed by atoms with Gasteiger partial charge in [-0.05, 0) is 69.7 Å². The second-order valence-corrected chi connectivity index (χ2v) is 10.2. The van der Waals surface area contributed by atoms with E-state index in [1.165, 1.54) is 0 Å². The molecule has 3 aromatic rings. The highest BCUT2D eigenvalue weighted by molar-refractivity contribution is 9.10. The van der Waals surface area contributed by atoms with Gasteiger partial charge in [-0.2, -0.15) is 0 Å². The molecule has 1 aliphatic rings. The van der Waals surface area contributed by atoms with Crippen LogP contribution < -0.4 is 10.1 Å². The molecular formula is C28H30BrClN2O3. The Bertz CT molecular complexity index is 1180. The molecule has 1 saturated carbocycles. The first-order chi connectivity index (χ1) is 17.0. The molecule has 0 aliphatic heterocycles. The van der Waals surface area contributed by atoms with Crippen LogP contribution in [0.1, 0.15) is 44.6 Å². The van der Waals surface area contributed by atoms with Gasteiger partial charge in [0.05, 0.1) is 4.47 Å². The third kappa shape index (κ3) is 6.36. The molecule has 0 aromatic heterocycles. The van der Waals surface area contributed by atoms with Crippen LogP contribution in [0.4, 0.5) is 0 Å². The first kappa shape index (κ1) is 25.5. The Morgan fingerprint density at radius 2 is 1.80 bits per heavy atom. The Morgan fingerprint density at radius 3 is 2.51 bits per heavy atom. The molecule has 2 amide bonds. The molecule has 1 aliphatic carbocycles. The van der Waals surface area contributed by atoms with Crippen molar-refractivity contribution in [3.63, 3.8) is 0 Å². The van der Waals surface area contributed by atoms with Crippen LogP contribution in [0.2, 0.25) is 5.02 Å².